The normalized spacial score (nSPS) is 12.9. The molecule has 1 unspecified atom stereocenters. The van der Waals surface area contributed by atoms with Gasteiger partial charge in [-0.1, -0.05) is 19.1 Å². The van der Waals surface area contributed by atoms with Gasteiger partial charge < -0.3 is 10.3 Å². The zero-order chi connectivity index (χ0) is 13.9. The number of imidazole rings is 1. The van der Waals surface area contributed by atoms with Gasteiger partial charge in [0.25, 0.3) is 0 Å². The summed E-state index contributed by atoms with van der Waals surface area (Å²) in [6.45, 7) is 3.75. The molecule has 1 aromatic carbocycles. The first-order valence-electron chi connectivity index (χ1n) is 6.96. The fourth-order valence-corrected chi connectivity index (χ4v) is 2.52. The van der Waals surface area contributed by atoms with Crippen molar-refractivity contribution in [3.8, 4) is 0 Å². The van der Waals surface area contributed by atoms with Crippen molar-refractivity contribution in [3.05, 3.63) is 48.5 Å². The van der Waals surface area contributed by atoms with Crippen LogP contribution in [0.5, 0.6) is 0 Å². The number of rotatable bonds is 5. The standard InChI is InChI=1S/C15H19N5/c1-2-9-20-14(7-8-18-20)12(16)10-19-11-17-13-5-3-4-6-15(13)19/h3-8,11-12H,2,9-10,16H2,1H3. The first-order chi connectivity index (χ1) is 9.79. The molecule has 5 nitrogen and oxygen atoms in total. The fraction of sp³-hybridized carbons (Fsp3) is 0.333. The molecular formula is C15H19N5. The number of hydrogen-bond donors (Lipinski definition) is 1. The van der Waals surface area contributed by atoms with Crippen LogP contribution in [0, 0.1) is 0 Å². The molecule has 0 amide bonds. The Balaban J connectivity index is 1.85. The first-order valence-corrected chi connectivity index (χ1v) is 6.96. The van der Waals surface area contributed by atoms with Crippen LogP contribution in [0.15, 0.2) is 42.9 Å². The maximum atomic E-state index is 6.34. The summed E-state index contributed by atoms with van der Waals surface area (Å²) >= 11 is 0. The number of hydrogen-bond acceptors (Lipinski definition) is 3. The third-order valence-electron chi connectivity index (χ3n) is 3.49. The second kappa shape index (κ2) is 5.46. The molecule has 1 atom stereocenters. The largest absolute Gasteiger partial charge is 0.329 e. The van der Waals surface area contributed by atoms with Gasteiger partial charge in [-0.25, -0.2) is 4.98 Å². The van der Waals surface area contributed by atoms with Crippen LogP contribution >= 0.6 is 0 Å². The molecule has 0 saturated heterocycles. The molecular weight excluding hydrogens is 250 g/mol. The highest BCUT2D eigenvalue weighted by Crippen LogP contribution is 2.17. The van der Waals surface area contributed by atoms with Crippen LogP contribution in [0.25, 0.3) is 11.0 Å². The SMILES string of the molecule is CCCn1nccc1C(N)Cn1cnc2ccccc21. The maximum Gasteiger partial charge on any atom is 0.0958 e. The van der Waals surface area contributed by atoms with Crippen LogP contribution in [-0.2, 0) is 13.1 Å². The van der Waals surface area contributed by atoms with E-state index in [0.717, 1.165) is 29.7 Å². The number of fused-ring (bicyclic) bond motifs is 1. The van der Waals surface area contributed by atoms with E-state index in [0.29, 0.717) is 6.54 Å². The summed E-state index contributed by atoms with van der Waals surface area (Å²) in [4.78, 5) is 4.40. The summed E-state index contributed by atoms with van der Waals surface area (Å²) in [5, 5.41) is 4.33. The molecule has 2 N–H and O–H groups in total. The Labute approximate surface area is 118 Å². The summed E-state index contributed by atoms with van der Waals surface area (Å²) < 4.78 is 4.09. The van der Waals surface area contributed by atoms with Crippen molar-refractivity contribution in [3.63, 3.8) is 0 Å². The van der Waals surface area contributed by atoms with Crippen LogP contribution in [-0.4, -0.2) is 19.3 Å². The minimum absolute atomic E-state index is 0.0818. The van der Waals surface area contributed by atoms with E-state index in [1.807, 2.05) is 41.5 Å². The maximum absolute atomic E-state index is 6.34. The molecule has 0 bridgehead atoms. The topological polar surface area (TPSA) is 61.7 Å². The Bertz CT molecular complexity index is 697. The Kier molecular flexibility index (Phi) is 3.52. The minimum atomic E-state index is -0.0818. The fourth-order valence-electron chi connectivity index (χ4n) is 2.52. The van der Waals surface area contributed by atoms with E-state index in [1.165, 1.54) is 0 Å². The van der Waals surface area contributed by atoms with Gasteiger partial charge in [0.05, 0.1) is 29.1 Å². The molecule has 104 valence electrons. The van der Waals surface area contributed by atoms with E-state index >= 15 is 0 Å². The second-order valence-corrected chi connectivity index (χ2v) is 4.97. The molecule has 3 aromatic rings. The van der Waals surface area contributed by atoms with E-state index in [2.05, 4.69) is 27.6 Å². The van der Waals surface area contributed by atoms with Gasteiger partial charge in [-0.3, -0.25) is 4.68 Å². The number of nitrogens with two attached hydrogens (primary N) is 1. The zero-order valence-electron chi connectivity index (χ0n) is 11.6. The summed E-state index contributed by atoms with van der Waals surface area (Å²) in [6.07, 6.45) is 4.72. The predicted octanol–water partition coefficient (Wildman–Crippen LogP) is 2.34. The van der Waals surface area contributed by atoms with Crippen molar-refractivity contribution in [1.29, 1.82) is 0 Å². The van der Waals surface area contributed by atoms with Crippen LogP contribution < -0.4 is 5.73 Å². The molecule has 20 heavy (non-hydrogen) atoms. The summed E-state index contributed by atoms with van der Waals surface area (Å²) in [7, 11) is 0. The highest BCUT2D eigenvalue weighted by atomic mass is 15.3. The van der Waals surface area contributed by atoms with Gasteiger partial charge in [0.15, 0.2) is 0 Å². The van der Waals surface area contributed by atoms with Crippen LogP contribution in [0.3, 0.4) is 0 Å². The lowest BCUT2D eigenvalue weighted by Gasteiger charge is -2.15. The molecule has 2 heterocycles. The van der Waals surface area contributed by atoms with Crippen molar-refractivity contribution in [2.45, 2.75) is 32.5 Å². The van der Waals surface area contributed by atoms with E-state index < -0.39 is 0 Å². The van der Waals surface area contributed by atoms with Gasteiger partial charge in [-0.05, 0) is 24.6 Å². The lowest BCUT2D eigenvalue weighted by molar-refractivity contribution is 0.503. The number of para-hydroxylation sites is 2. The molecule has 2 aromatic heterocycles. The third-order valence-corrected chi connectivity index (χ3v) is 3.49. The van der Waals surface area contributed by atoms with Gasteiger partial charge in [-0.2, -0.15) is 5.10 Å². The van der Waals surface area contributed by atoms with Gasteiger partial charge in [0.2, 0.25) is 0 Å². The van der Waals surface area contributed by atoms with Crippen LogP contribution in [0.1, 0.15) is 25.1 Å². The van der Waals surface area contributed by atoms with Crippen molar-refractivity contribution in [1.82, 2.24) is 19.3 Å². The van der Waals surface area contributed by atoms with E-state index in [9.17, 15) is 0 Å². The predicted molar refractivity (Wildman–Crippen MR) is 79.2 cm³/mol. The van der Waals surface area contributed by atoms with Crippen LogP contribution in [0.2, 0.25) is 0 Å². The first kappa shape index (κ1) is 12.9. The Hall–Kier alpha value is -2.14. The monoisotopic (exact) mass is 269 g/mol. The third kappa shape index (κ3) is 2.32. The summed E-state index contributed by atoms with van der Waals surface area (Å²) in [5.41, 5.74) is 9.53. The Morgan fingerprint density at radius 1 is 1.25 bits per heavy atom. The van der Waals surface area contributed by atoms with Crippen molar-refractivity contribution < 1.29 is 0 Å². The van der Waals surface area contributed by atoms with E-state index in [-0.39, 0.29) is 6.04 Å². The van der Waals surface area contributed by atoms with E-state index in [4.69, 9.17) is 5.73 Å². The average Bonchev–Trinajstić information content (AvgIpc) is 3.07. The van der Waals surface area contributed by atoms with Crippen molar-refractivity contribution in [2.24, 2.45) is 5.73 Å². The lowest BCUT2D eigenvalue weighted by atomic mass is 10.2. The van der Waals surface area contributed by atoms with Crippen molar-refractivity contribution in [2.75, 3.05) is 0 Å². The molecule has 0 aliphatic rings. The number of nitrogens with zero attached hydrogens (tertiary/aromatic N) is 4. The zero-order valence-corrected chi connectivity index (χ0v) is 11.6. The molecule has 5 heteroatoms. The molecule has 3 rings (SSSR count). The van der Waals surface area contributed by atoms with Crippen LogP contribution in [0.4, 0.5) is 0 Å². The average molecular weight is 269 g/mol. The quantitative estimate of drug-likeness (QED) is 0.773. The Morgan fingerprint density at radius 2 is 2.10 bits per heavy atom. The van der Waals surface area contributed by atoms with Gasteiger partial charge in [0, 0.05) is 19.3 Å². The minimum Gasteiger partial charge on any atom is -0.329 e. The van der Waals surface area contributed by atoms with E-state index in [1.54, 1.807) is 0 Å². The molecule has 0 saturated carbocycles. The highest BCUT2D eigenvalue weighted by Gasteiger charge is 2.13. The van der Waals surface area contributed by atoms with Gasteiger partial charge >= 0.3 is 0 Å². The number of benzene rings is 1. The molecule has 0 spiro atoms. The smallest absolute Gasteiger partial charge is 0.0958 e. The molecule has 0 aliphatic heterocycles. The molecule has 0 fully saturated rings. The highest BCUT2D eigenvalue weighted by molar-refractivity contribution is 5.74. The van der Waals surface area contributed by atoms with Crippen molar-refractivity contribution >= 4 is 11.0 Å². The Morgan fingerprint density at radius 3 is 2.95 bits per heavy atom. The number of aryl methyl sites for hydroxylation is 1. The summed E-state index contributed by atoms with van der Waals surface area (Å²) in [5.74, 6) is 0. The summed E-state index contributed by atoms with van der Waals surface area (Å²) in [6, 6.07) is 10.0. The molecule has 0 aliphatic carbocycles. The molecule has 0 radical (unpaired) electrons. The second-order valence-electron chi connectivity index (χ2n) is 4.97. The number of aromatic nitrogens is 4. The van der Waals surface area contributed by atoms with Gasteiger partial charge in [-0.15, -0.1) is 0 Å². The lowest BCUT2D eigenvalue weighted by Crippen LogP contribution is -2.21. The van der Waals surface area contributed by atoms with Gasteiger partial charge in [0.1, 0.15) is 0 Å².